The van der Waals surface area contributed by atoms with Crippen LogP contribution in [0.4, 0.5) is 0 Å². The van der Waals surface area contributed by atoms with Crippen LogP contribution >= 0.6 is 0 Å². The topological polar surface area (TPSA) is 52.9 Å². The minimum absolute atomic E-state index is 0.561. The lowest BCUT2D eigenvalue weighted by Crippen LogP contribution is -1.98. The van der Waals surface area contributed by atoms with Gasteiger partial charge in [0.2, 0.25) is 0 Å². The summed E-state index contributed by atoms with van der Waals surface area (Å²) in [5.74, 6) is 1.18. The van der Waals surface area contributed by atoms with Crippen molar-refractivity contribution < 1.29 is 0 Å². The predicted octanol–water partition coefficient (Wildman–Crippen LogP) is 13.6. The molecule has 6 nitrogen and oxygen atoms in total. The predicted molar refractivity (Wildman–Crippen MR) is 251 cm³/mol. The molecule has 0 spiro atoms. The molecule has 284 valence electrons. The Morgan fingerprint density at radius 2 is 0.918 bits per heavy atom. The van der Waals surface area contributed by atoms with Gasteiger partial charge in [-0.2, -0.15) is 9.50 Å². The largest absolute Gasteiger partial charge is 0.309 e. The monoisotopic (exact) mass is 778 g/mol. The Morgan fingerprint density at radius 3 is 1.70 bits per heavy atom. The van der Waals surface area contributed by atoms with Gasteiger partial charge in [0, 0.05) is 43.7 Å². The molecule has 0 N–H and O–H groups in total. The minimum Gasteiger partial charge on any atom is -0.309 e. The van der Waals surface area contributed by atoms with E-state index in [1.54, 1.807) is 0 Å². The van der Waals surface area contributed by atoms with E-state index in [0.29, 0.717) is 11.6 Å². The van der Waals surface area contributed by atoms with Crippen molar-refractivity contribution >= 4 is 71.1 Å². The van der Waals surface area contributed by atoms with Crippen LogP contribution in [-0.4, -0.2) is 28.7 Å². The normalized spacial score (nSPS) is 11.9. The molecular formula is C55H34N6. The van der Waals surface area contributed by atoms with E-state index in [-0.39, 0.29) is 0 Å². The van der Waals surface area contributed by atoms with Crippen LogP contribution in [0.3, 0.4) is 0 Å². The second-order valence-electron chi connectivity index (χ2n) is 15.7. The zero-order valence-corrected chi connectivity index (χ0v) is 32.8. The first kappa shape index (κ1) is 33.6. The fraction of sp³-hybridized carbons (Fsp3) is 0. The van der Waals surface area contributed by atoms with E-state index in [0.717, 1.165) is 50.1 Å². The third kappa shape index (κ3) is 5.12. The van der Waals surface area contributed by atoms with Crippen molar-refractivity contribution in [2.45, 2.75) is 0 Å². The highest BCUT2D eigenvalue weighted by molar-refractivity contribution is 6.15. The summed E-state index contributed by atoms with van der Waals surface area (Å²) in [6.45, 7) is 0. The summed E-state index contributed by atoms with van der Waals surface area (Å²) in [6, 6.07) is 73.5. The van der Waals surface area contributed by atoms with E-state index < -0.39 is 0 Å². The van der Waals surface area contributed by atoms with Crippen LogP contribution in [0.2, 0.25) is 0 Å². The summed E-state index contributed by atoms with van der Waals surface area (Å²) in [6.07, 6.45) is 0. The van der Waals surface area contributed by atoms with Crippen LogP contribution in [0.15, 0.2) is 206 Å². The third-order valence-electron chi connectivity index (χ3n) is 12.3. The molecule has 0 atom stereocenters. The first-order valence-corrected chi connectivity index (χ1v) is 20.6. The highest BCUT2D eigenvalue weighted by Crippen LogP contribution is 2.41. The maximum absolute atomic E-state index is 5.14. The zero-order valence-electron chi connectivity index (χ0n) is 32.8. The number of nitrogens with zero attached hydrogens (tertiary/aromatic N) is 6. The molecule has 9 aromatic carbocycles. The lowest BCUT2D eigenvalue weighted by Gasteiger charge is -2.12. The lowest BCUT2D eigenvalue weighted by atomic mass is 10.00. The van der Waals surface area contributed by atoms with Crippen molar-refractivity contribution in [2.24, 2.45) is 0 Å². The van der Waals surface area contributed by atoms with Gasteiger partial charge in [0.05, 0.1) is 39.0 Å². The molecule has 6 heteroatoms. The van der Waals surface area contributed by atoms with Gasteiger partial charge in [-0.25, -0.2) is 4.98 Å². The summed E-state index contributed by atoms with van der Waals surface area (Å²) in [5, 5.41) is 13.5. The molecule has 61 heavy (non-hydrogen) atoms. The van der Waals surface area contributed by atoms with E-state index in [2.05, 4.69) is 185 Å². The molecule has 4 heterocycles. The van der Waals surface area contributed by atoms with E-state index in [1.165, 1.54) is 54.5 Å². The van der Waals surface area contributed by atoms with E-state index in [9.17, 15) is 0 Å². The van der Waals surface area contributed by atoms with E-state index >= 15 is 0 Å². The third-order valence-corrected chi connectivity index (χ3v) is 12.3. The number of hydrogen-bond donors (Lipinski definition) is 0. The van der Waals surface area contributed by atoms with Gasteiger partial charge >= 0.3 is 0 Å². The fourth-order valence-electron chi connectivity index (χ4n) is 9.50. The molecule has 0 saturated carbocycles. The average Bonchev–Trinajstić information content (AvgIpc) is 4.01. The van der Waals surface area contributed by atoms with E-state index in [1.807, 2.05) is 34.8 Å². The Balaban J connectivity index is 0.984. The molecule has 0 amide bonds. The highest BCUT2D eigenvalue weighted by atomic mass is 15.3. The second-order valence-corrected chi connectivity index (χ2v) is 15.7. The Kier molecular flexibility index (Phi) is 7.21. The van der Waals surface area contributed by atoms with Gasteiger partial charge in [0.15, 0.2) is 5.82 Å². The number of para-hydroxylation sites is 4. The van der Waals surface area contributed by atoms with Gasteiger partial charge in [-0.15, -0.1) is 5.10 Å². The standard InChI is InChI=1S/C55H34N6/c1-3-15-35(16-4-1)53-42-22-10-14-26-51(42)61-55(56-53)57-54(58-61)43-23-11-13-25-48(43)60-47-24-12-9-21-41(47)44-32-38(28-30-50(44)60)39-27-29-49-45(33-39)46-31-36-17-7-8-18-37(36)34-52(46)59(49)40-19-5-2-6-20-40/h1-34H. The first-order chi connectivity index (χ1) is 30.2. The van der Waals surface area contributed by atoms with Crippen LogP contribution in [0.25, 0.3) is 116 Å². The van der Waals surface area contributed by atoms with Crippen LogP contribution in [0.5, 0.6) is 0 Å². The van der Waals surface area contributed by atoms with Gasteiger partial charge < -0.3 is 9.13 Å². The van der Waals surface area contributed by atoms with Gasteiger partial charge in [0.1, 0.15) is 0 Å². The summed E-state index contributed by atoms with van der Waals surface area (Å²) >= 11 is 0. The van der Waals surface area contributed by atoms with Gasteiger partial charge in [-0.1, -0.05) is 133 Å². The molecule has 13 rings (SSSR count). The Morgan fingerprint density at radius 1 is 0.344 bits per heavy atom. The number of rotatable bonds is 5. The van der Waals surface area contributed by atoms with Gasteiger partial charge in [-0.05, 0) is 94.7 Å². The van der Waals surface area contributed by atoms with Crippen LogP contribution < -0.4 is 0 Å². The molecule has 0 aliphatic carbocycles. The van der Waals surface area contributed by atoms with Gasteiger partial charge in [0.25, 0.3) is 5.78 Å². The van der Waals surface area contributed by atoms with Crippen molar-refractivity contribution in [2.75, 3.05) is 0 Å². The van der Waals surface area contributed by atoms with Crippen molar-refractivity contribution in [1.29, 1.82) is 0 Å². The summed E-state index contributed by atoms with van der Waals surface area (Å²) in [5.41, 5.74) is 13.0. The highest BCUT2D eigenvalue weighted by Gasteiger charge is 2.21. The lowest BCUT2D eigenvalue weighted by molar-refractivity contribution is 0.987. The summed E-state index contributed by atoms with van der Waals surface area (Å²) in [4.78, 5) is 10.2. The number of benzene rings is 9. The van der Waals surface area contributed by atoms with Crippen molar-refractivity contribution in [1.82, 2.24) is 28.7 Å². The minimum atomic E-state index is 0.561. The van der Waals surface area contributed by atoms with E-state index in [4.69, 9.17) is 15.1 Å². The Bertz CT molecular complexity index is 3880. The average molecular weight is 779 g/mol. The first-order valence-electron chi connectivity index (χ1n) is 20.6. The second kappa shape index (κ2) is 13.1. The van der Waals surface area contributed by atoms with Crippen molar-refractivity contribution in [3.8, 4) is 45.1 Å². The van der Waals surface area contributed by atoms with Crippen LogP contribution in [-0.2, 0) is 0 Å². The van der Waals surface area contributed by atoms with Crippen molar-refractivity contribution in [3.05, 3.63) is 206 Å². The maximum Gasteiger partial charge on any atom is 0.253 e. The van der Waals surface area contributed by atoms with Crippen LogP contribution in [0.1, 0.15) is 0 Å². The molecule has 0 fully saturated rings. The Hall–Kier alpha value is -8.35. The zero-order chi connectivity index (χ0) is 40.0. The summed E-state index contributed by atoms with van der Waals surface area (Å²) in [7, 11) is 0. The fourth-order valence-corrected chi connectivity index (χ4v) is 9.50. The molecule has 0 saturated heterocycles. The molecule has 13 aromatic rings. The molecule has 4 aromatic heterocycles. The molecule has 0 bridgehead atoms. The molecular weight excluding hydrogens is 745 g/mol. The Labute approximate surface area is 349 Å². The van der Waals surface area contributed by atoms with Crippen LogP contribution in [0, 0.1) is 0 Å². The molecule has 0 aliphatic rings. The molecule has 0 unspecified atom stereocenters. The smallest absolute Gasteiger partial charge is 0.253 e. The SMILES string of the molecule is c1ccc(-c2nc3nc(-c4ccccc4-n4c5ccccc5c5cc(-c6ccc7c(c6)c6cc8ccccc8cc6n7-c6ccccc6)ccc54)nn3c3ccccc23)cc1. The number of fused-ring (bicyclic) bond motifs is 10. The van der Waals surface area contributed by atoms with Gasteiger partial charge in [-0.3, -0.25) is 0 Å². The number of hydrogen-bond acceptors (Lipinski definition) is 3. The maximum atomic E-state index is 5.14. The number of aromatic nitrogens is 6. The summed E-state index contributed by atoms with van der Waals surface area (Å²) < 4.78 is 6.63. The molecule has 0 radical (unpaired) electrons. The van der Waals surface area contributed by atoms with Crippen molar-refractivity contribution in [3.63, 3.8) is 0 Å². The quantitative estimate of drug-likeness (QED) is 0.175. The molecule has 0 aliphatic heterocycles.